The van der Waals surface area contributed by atoms with Crippen LogP contribution in [0.5, 0.6) is 0 Å². The van der Waals surface area contributed by atoms with E-state index >= 15 is 0 Å². The molecular formula is C13H19N3O4. The Hall–Kier alpha value is -2.18. The summed E-state index contributed by atoms with van der Waals surface area (Å²) >= 11 is 0. The van der Waals surface area contributed by atoms with E-state index in [2.05, 4.69) is 9.72 Å². The summed E-state index contributed by atoms with van der Waals surface area (Å²) in [4.78, 5) is 28.0. The number of nitro groups is 1. The molecule has 0 aromatic carbocycles. The lowest BCUT2D eigenvalue weighted by Gasteiger charge is -2.24. The van der Waals surface area contributed by atoms with Gasteiger partial charge in [0.25, 0.3) is 0 Å². The van der Waals surface area contributed by atoms with E-state index in [9.17, 15) is 14.9 Å². The van der Waals surface area contributed by atoms with Crippen LogP contribution in [-0.4, -0.2) is 36.1 Å². The molecule has 20 heavy (non-hydrogen) atoms. The molecule has 1 aromatic rings. The maximum Gasteiger partial charge on any atom is 0.311 e. The van der Waals surface area contributed by atoms with Crippen molar-refractivity contribution in [2.24, 2.45) is 5.92 Å². The molecule has 1 heterocycles. The molecule has 1 aromatic heterocycles. The van der Waals surface area contributed by atoms with Gasteiger partial charge in [-0.15, -0.1) is 0 Å². The second-order valence-corrected chi connectivity index (χ2v) is 4.58. The Morgan fingerprint density at radius 2 is 2.25 bits per heavy atom. The molecule has 0 aliphatic carbocycles. The van der Waals surface area contributed by atoms with Crippen molar-refractivity contribution in [3.63, 3.8) is 0 Å². The molecule has 0 unspecified atom stereocenters. The third kappa shape index (κ3) is 3.66. The van der Waals surface area contributed by atoms with Gasteiger partial charge in [0.2, 0.25) is 5.82 Å². The van der Waals surface area contributed by atoms with E-state index in [4.69, 9.17) is 0 Å². The molecule has 0 spiro atoms. The Kier molecular flexibility index (Phi) is 5.42. The third-order valence-electron chi connectivity index (χ3n) is 2.96. The molecule has 7 heteroatoms. The quantitative estimate of drug-likeness (QED) is 0.450. The monoisotopic (exact) mass is 281 g/mol. The van der Waals surface area contributed by atoms with Crippen molar-refractivity contribution in [2.75, 3.05) is 25.1 Å². The van der Waals surface area contributed by atoms with Gasteiger partial charge in [0.1, 0.15) is 0 Å². The highest BCUT2D eigenvalue weighted by molar-refractivity contribution is 5.73. The van der Waals surface area contributed by atoms with E-state index in [1.54, 1.807) is 24.9 Å². The van der Waals surface area contributed by atoms with Gasteiger partial charge < -0.3 is 9.64 Å². The van der Waals surface area contributed by atoms with Gasteiger partial charge in [-0.2, -0.15) is 0 Å². The molecule has 0 bridgehead atoms. The minimum atomic E-state index is -0.458. The molecule has 0 saturated heterocycles. The summed E-state index contributed by atoms with van der Waals surface area (Å²) < 4.78 is 4.67. The minimum absolute atomic E-state index is 0.0519. The molecule has 110 valence electrons. The molecule has 0 radical (unpaired) electrons. The first-order valence-corrected chi connectivity index (χ1v) is 6.34. The standard InChI is InChI=1S/C13H19N3O4/c1-5-15(8-10(3)13(17)20-4)12-11(16(18)19)6-9(2)7-14-12/h6-7,10H,5,8H2,1-4H3/t10-/m0/s1. The van der Waals surface area contributed by atoms with Crippen LogP contribution in [0, 0.1) is 23.0 Å². The smallest absolute Gasteiger partial charge is 0.311 e. The number of rotatable bonds is 6. The predicted octanol–water partition coefficient (Wildman–Crippen LogP) is 1.93. The van der Waals surface area contributed by atoms with Crippen LogP contribution < -0.4 is 4.90 Å². The highest BCUT2D eigenvalue weighted by Gasteiger charge is 2.24. The average Bonchev–Trinajstić information content (AvgIpc) is 2.43. The number of hydrogen-bond acceptors (Lipinski definition) is 6. The van der Waals surface area contributed by atoms with Crippen molar-refractivity contribution in [1.82, 2.24) is 4.98 Å². The van der Waals surface area contributed by atoms with Crippen molar-refractivity contribution in [3.8, 4) is 0 Å². The fraction of sp³-hybridized carbons (Fsp3) is 0.538. The molecule has 0 saturated carbocycles. The highest BCUT2D eigenvalue weighted by Crippen LogP contribution is 2.26. The number of aryl methyl sites for hydroxylation is 1. The number of pyridine rings is 1. The number of anilines is 1. The number of nitrogens with zero attached hydrogens (tertiary/aromatic N) is 3. The SMILES string of the molecule is CCN(C[C@H](C)C(=O)OC)c1ncc(C)cc1[N+](=O)[O-]. The molecule has 1 rings (SSSR count). The van der Waals surface area contributed by atoms with Gasteiger partial charge in [-0.25, -0.2) is 4.98 Å². The molecule has 7 nitrogen and oxygen atoms in total. The van der Waals surface area contributed by atoms with Crippen LogP contribution >= 0.6 is 0 Å². The maximum atomic E-state index is 11.5. The molecule has 0 N–H and O–H groups in total. The van der Waals surface area contributed by atoms with Crippen LogP contribution in [0.25, 0.3) is 0 Å². The summed E-state index contributed by atoms with van der Waals surface area (Å²) in [6, 6.07) is 1.48. The summed E-state index contributed by atoms with van der Waals surface area (Å²) in [7, 11) is 1.32. The van der Waals surface area contributed by atoms with Gasteiger partial charge in [-0.05, 0) is 19.4 Å². The van der Waals surface area contributed by atoms with Crippen molar-refractivity contribution >= 4 is 17.5 Å². The topological polar surface area (TPSA) is 85.6 Å². The van der Waals surface area contributed by atoms with Gasteiger partial charge in [-0.1, -0.05) is 6.92 Å². The largest absolute Gasteiger partial charge is 0.469 e. The summed E-state index contributed by atoms with van der Waals surface area (Å²) in [5, 5.41) is 11.1. The van der Waals surface area contributed by atoms with Crippen molar-refractivity contribution in [3.05, 3.63) is 27.9 Å². The molecule has 1 atom stereocenters. The Balaban J connectivity index is 3.06. The number of methoxy groups -OCH3 is 1. The zero-order valence-electron chi connectivity index (χ0n) is 12.1. The first-order valence-electron chi connectivity index (χ1n) is 6.34. The maximum absolute atomic E-state index is 11.5. The van der Waals surface area contributed by atoms with Crippen molar-refractivity contribution in [2.45, 2.75) is 20.8 Å². The number of hydrogen-bond donors (Lipinski definition) is 0. The van der Waals surface area contributed by atoms with Crippen LogP contribution in [0.4, 0.5) is 11.5 Å². The van der Waals surface area contributed by atoms with Crippen LogP contribution in [-0.2, 0) is 9.53 Å². The lowest BCUT2D eigenvalue weighted by Crippen LogP contribution is -2.33. The van der Waals surface area contributed by atoms with E-state index in [1.807, 2.05) is 6.92 Å². The normalized spacial score (nSPS) is 11.8. The number of carbonyl (C=O) groups excluding carboxylic acids is 1. The number of aromatic nitrogens is 1. The summed E-state index contributed by atoms with van der Waals surface area (Å²) in [5.41, 5.74) is 0.668. The van der Waals surface area contributed by atoms with Gasteiger partial charge in [0.15, 0.2) is 0 Å². The fourth-order valence-electron chi connectivity index (χ4n) is 1.90. The van der Waals surface area contributed by atoms with E-state index in [0.29, 0.717) is 13.1 Å². The van der Waals surface area contributed by atoms with Crippen molar-refractivity contribution < 1.29 is 14.5 Å². The second kappa shape index (κ2) is 6.83. The Morgan fingerprint density at radius 3 is 2.75 bits per heavy atom. The van der Waals surface area contributed by atoms with E-state index in [1.165, 1.54) is 13.2 Å². The predicted molar refractivity (Wildman–Crippen MR) is 74.7 cm³/mol. The third-order valence-corrected chi connectivity index (χ3v) is 2.96. The van der Waals surface area contributed by atoms with Crippen LogP contribution in [0.1, 0.15) is 19.4 Å². The minimum Gasteiger partial charge on any atom is -0.469 e. The molecule has 0 fully saturated rings. The number of ether oxygens (including phenoxy) is 1. The van der Waals surface area contributed by atoms with Crippen molar-refractivity contribution in [1.29, 1.82) is 0 Å². The first-order chi connectivity index (χ1) is 9.40. The first kappa shape index (κ1) is 15.9. The lowest BCUT2D eigenvalue weighted by molar-refractivity contribution is -0.384. The zero-order valence-corrected chi connectivity index (χ0v) is 12.1. The van der Waals surface area contributed by atoms with Crippen LogP contribution in [0.2, 0.25) is 0 Å². The summed E-state index contributed by atoms with van der Waals surface area (Å²) in [5.74, 6) is -0.459. The van der Waals surface area contributed by atoms with E-state index < -0.39 is 4.92 Å². The average molecular weight is 281 g/mol. The van der Waals surface area contributed by atoms with E-state index in [0.717, 1.165) is 5.56 Å². The molecule has 0 aliphatic rings. The molecule has 0 aliphatic heterocycles. The van der Waals surface area contributed by atoms with Gasteiger partial charge in [0.05, 0.1) is 18.0 Å². The van der Waals surface area contributed by atoms with Gasteiger partial charge in [0, 0.05) is 25.4 Å². The van der Waals surface area contributed by atoms with Crippen LogP contribution in [0.3, 0.4) is 0 Å². The number of carbonyl (C=O) groups is 1. The fourth-order valence-corrected chi connectivity index (χ4v) is 1.90. The molecular weight excluding hydrogens is 262 g/mol. The summed E-state index contributed by atoms with van der Waals surface area (Å²) in [6.07, 6.45) is 1.58. The van der Waals surface area contributed by atoms with E-state index in [-0.39, 0.29) is 23.4 Å². The number of esters is 1. The summed E-state index contributed by atoms with van der Waals surface area (Å²) in [6.45, 7) is 6.15. The Labute approximate surface area is 117 Å². The van der Waals surface area contributed by atoms with Gasteiger partial charge in [-0.3, -0.25) is 14.9 Å². The van der Waals surface area contributed by atoms with Crippen LogP contribution in [0.15, 0.2) is 12.3 Å². The molecule has 0 amide bonds. The Bertz CT molecular complexity index is 504. The van der Waals surface area contributed by atoms with Gasteiger partial charge >= 0.3 is 11.7 Å². The lowest BCUT2D eigenvalue weighted by atomic mass is 10.1. The Morgan fingerprint density at radius 1 is 1.60 bits per heavy atom. The second-order valence-electron chi connectivity index (χ2n) is 4.58. The zero-order chi connectivity index (χ0) is 15.3. The highest BCUT2D eigenvalue weighted by atomic mass is 16.6.